The van der Waals surface area contributed by atoms with Gasteiger partial charge < -0.3 is 24.8 Å². The second-order valence-corrected chi connectivity index (χ2v) is 6.02. The van der Waals surface area contributed by atoms with Crippen LogP contribution in [0.5, 0.6) is 17.2 Å². The number of hydrogen-bond acceptors (Lipinski definition) is 7. The molecule has 28 heavy (non-hydrogen) atoms. The fourth-order valence-electron chi connectivity index (χ4n) is 2.77. The topological polar surface area (TPSA) is 90.1 Å². The van der Waals surface area contributed by atoms with Crippen LogP contribution in [0.15, 0.2) is 59.1 Å². The lowest BCUT2D eigenvalue weighted by atomic mass is 10.1. The maximum absolute atomic E-state index is 14.4. The van der Waals surface area contributed by atoms with Gasteiger partial charge in [-0.15, -0.1) is 0 Å². The van der Waals surface area contributed by atoms with E-state index in [-0.39, 0.29) is 5.82 Å². The summed E-state index contributed by atoms with van der Waals surface area (Å²) in [6, 6.07) is 12.3. The summed E-state index contributed by atoms with van der Waals surface area (Å²) >= 11 is 0. The zero-order chi connectivity index (χ0) is 20.1. The largest absolute Gasteiger partial charge is 0.494 e. The van der Waals surface area contributed by atoms with Gasteiger partial charge in [-0.05, 0) is 43.3 Å². The molecule has 4 N–H and O–H groups in total. The Labute approximate surface area is 163 Å². The number of nitrogens with one attached hydrogen (secondary N) is 2. The highest BCUT2D eigenvalue weighted by Gasteiger charge is 2.31. The molecule has 2 aromatic rings. The molecule has 0 saturated carbocycles. The highest BCUT2D eigenvalue weighted by atomic mass is 19.1. The van der Waals surface area contributed by atoms with Crippen LogP contribution in [-0.2, 0) is 5.79 Å². The number of halogens is 1. The van der Waals surface area contributed by atoms with Gasteiger partial charge in [0.25, 0.3) is 0 Å². The number of methoxy groups -OCH3 is 2. The average Bonchev–Trinajstić information content (AvgIpc) is 2.71. The van der Waals surface area contributed by atoms with Gasteiger partial charge in [0, 0.05) is 17.3 Å². The number of hydrogen-bond donors (Lipinski definition) is 3. The Bertz CT molecular complexity index is 899. The van der Waals surface area contributed by atoms with Crippen molar-refractivity contribution >= 4 is 11.9 Å². The van der Waals surface area contributed by atoms with Crippen LogP contribution < -0.4 is 30.6 Å². The molecule has 0 radical (unpaired) electrons. The third-order valence-corrected chi connectivity index (χ3v) is 4.19. The van der Waals surface area contributed by atoms with E-state index in [9.17, 15) is 4.39 Å². The molecule has 3 rings (SSSR count). The van der Waals surface area contributed by atoms with Crippen molar-refractivity contribution in [3.05, 3.63) is 59.7 Å². The number of ether oxygens (including phenoxy) is 3. The highest BCUT2D eigenvalue weighted by Crippen LogP contribution is 2.31. The molecule has 7 nitrogen and oxygen atoms in total. The molecule has 0 amide bonds. The van der Waals surface area contributed by atoms with Crippen LogP contribution in [0.1, 0.15) is 12.5 Å². The number of rotatable bonds is 7. The quantitative estimate of drug-likeness (QED) is 0.678. The van der Waals surface area contributed by atoms with Crippen molar-refractivity contribution < 1.29 is 18.6 Å². The lowest BCUT2D eigenvalue weighted by molar-refractivity contribution is 0.339. The van der Waals surface area contributed by atoms with Crippen molar-refractivity contribution in [1.29, 1.82) is 0 Å². The van der Waals surface area contributed by atoms with Crippen LogP contribution in [0.2, 0.25) is 0 Å². The van der Waals surface area contributed by atoms with E-state index in [2.05, 4.69) is 15.6 Å². The number of nitrogens with two attached hydrogens (primary N) is 1. The number of nitrogens with zero attached hydrogens (tertiary/aromatic N) is 1. The second kappa shape index (κ2) is 8.18. The normalized spacial score (nSPS) is 18.5. The minimum Gasteiger partial charge on any atom is -0.494 e. The molecule has 1 unspecified atom stereocenters. The van der Waals surface area contributed by atoms with E-state index < -0.39 is 11.6 Å². The Morgan fingerprint density at radius 3 is 2.46 bits per heavy atom. The van der Waals surface area contributed by atoms with E-state index in [4.69, 9.17) is 19.9 Å². The fourth-order valence-corrected chi connectivity index (χ4v) is 2.77. The molecule has 0 bridgehead atoms. The first-order valence-electron chi connectivity index (χ1n) is 8.73. The smallest absolute Gasteiger partial charge is 0.210 e. The average molecular weight is 386 g/mol. The second-order valence-electron chi connectivity index (χ2n) is 6.02. The Balaban J connectivity index is 1.82. The van der Waals surface area contributed by atoms with Crippen molar-refractivity contribution in [2.45, 2.75) is 12.7 Å². The lowest BCUT2D eigenvalue weighted by Crippen LogP contribution is -2.51. The summed E-state index contributed by atoms with van der Waals surface area (Å²) in [5.41, 5.74) is 7.63. The standard InChI is InChI=1S/C20H23FN4O3/c1-4-28-15-8-5-13(6-9-15)20(22)23-12-16(21)19(25-20)24-14-7-10-17(26-2)18(11-14)27-3/h5-12,24-25H,4,22H2,1-3H3. The van der Waals surface area contributed by atoms with Gasteiger partial charge in [-0.2, -0.15) is 0 Å². The van der Waals surface area contributed by atoms with Crippen LogP contribution >= 0.6 is 0 Å². The first-order chi connectivity index (χ1) is 13.5. The predicted molar refractivity (Wildman–Crippen MR) is 106 cm³/mol. The molecule has 0 aliphatic carbocycles. The summed E-state index contributed by atoms with van der Waals surface area (Å²) in [6.07, 6.45) is 1.09. The van der Waals surface area contributed by atoms with Crippen molar-refractivity contribution in [1.82, 2.24) is 5.32 Å². The summed E-state index contributed by atoms with van der Waals surface area (Å²) in [5, 5.41) is 5.90. The van der Waals surface area contributed by atoms with Crippen LogP contribution in [0.25, 0.3) is 0 Å². The van der Waals surface area contributed by atoms with Gasteiger partial charge in [-0.1, -0.05) is 0 Å². The van der Waals surface area contributed by atoms with Gasteiger partial charge in [0.05, 0.1) is 27.0 Å². The van der Waals surface area contributed by atoms with Crippen LogP contribution in [0.4, 0.5) is 10.1 Å². The SMILES string of the molecule is CCOc1ccc(C2(N)N=CC(F)=C(Nc3ccc(OC)c(OC)c3)N2)cc1. The van der Waals surface area contributed by atoms with Gasteiger partial charge in [0.1, 0.15) is 11.6 Å². The van der Waals surface area contributed by atoms with Gasteiger partial charge in [0.2, 0.25) is 5.79 Å². The van der Waals surface area contributed by atoms with Crippen molar-refractivity contribution in [2.24, 2.45) is 10.7 Å². The van der Waals surface area contributed by atoms with Gasteiger partial charge in [-0.25, -0.2) is 9.38 Å². The summed E-state index contributed by atoms with van der Waals surface area (Å²) in [4.78, 5) is 4.12. The molecule has 1 aliphatic heterocycles. The Hall–Kier alpha value is -3.26. The molecule has 0 saturated heterocycles. The Morgan fingerprint density at radius 1 is 1.11 bits per heavy atom. The number of benzene rings is 2. The maximum atomic E-state index is 14.4. The summed E-state index contributed by atoms with van der Waals surface area (Å²) in [6.45, 7) is 2.47. The highest BCUT2D eigenvalue weighted by molar-refractivity contribution is 5.79. The summed E-state index contributed by atoms with van der Waals surface area (Å²) in [5.74, 6) is 0.0198. The Kier molecular flexibility index (Phi) is 5.70. The minimum absolute atomic E-state index is 0.0959. The van der Waals surface area contributed by atoms with Crippen LogP contribution in [-0.4, -0.2) is 27.0 Å². The molecule has 0 fully saturated rings. The number of anilines is 1. The molecule has 148 valence electrons. The molecule has 0 aromatic heterocycles. The van der Waals surface area contributed by atoms with Crippen molar-refractivity contribution in [3.63, 3.8) is 0 Å². The number of allylic oxidation sites excluding steroid dienone is 1. The predicted octanol–water partition coefficient (Wildman–Crippen LogP) is 3.10. The van der Waals surface area contributed by atoms with E-state index in [1.165, 1.54) is 7.11 Å². The molecule has 1 heterocycles. The van der Waals surface area contributed by atoms with Gasteiger partial charge >= 0.3 is 0 Å². The molecule has 1 atom stereocenters. The summed E-state index contributed by atoms with van der Waals surface area (Å²) < 4.78 is 30.3. The Morgan fingerprint density at radius 2 is 1.82 bits per heavy atom. The van der Waals surface area contributed by atoms with Crippen molar-refractivity contribution in [3.8, 4) is 17.2 Å². The number of aliphatic imine (C=N–C) groups is 1. The van der Waals surface area contributed by atoms with E-state index in [0.717, 1.165) is 12.0 Å². The molecular formula is C20H23FN4O3. The molecule has 1 aliphatic rings. The molecular weight excluding hydrogens is 363 g/mol. The third-order valence-electron chi connectivity index (χ3n) is 4.19. The van der Waals surface area contributed by atoms with Gasteiger partial charge in [-0.3, -0.25) is 5.73 Å². The van der Waals surface area contributed by atoms with Crippen molar-refractivity contribution in [2.75, 3.05) is 26.1 Å². The van der Waals surface area contributed by atoms with Gasteiger partial charge in [0.15, 0.2) is 17.3 Å². The fraction of sp³-hybridized carbons (Fsp3) is 0.250. The summed E-state index contributed by atoms with van der Waals surface area (Å²) in [7, 11) is 3.08. The molecule has 2 aromatic carbocycles. The first kappa shape index (κ1) is 19.5. The zero-order valence-electron chi connectivity index (χ0n) is 16.0. The molecule has 0 spiro atoms. The monoisotopic (exact) mass is 386 g/mol. The van der Waals surface area contributed by atoms with E-state index in [1.807, 2.05) is 6.92 Å². The van der Waals surface area contributed by atoms with E-state index in [0.29, 0.717) is 29.4 Å². The van der Waals surface area contributed by atoms with Crippen LogP contribution in [0.3, 0.4) is 0 Å². The lowest BCUT2D eigenvalue weighted by Gasteiger charge is -2.32. The zero-order valence-corrected chi connectivity index (χ0v) is 16.0. The van der Waals surface area contributed by atoms with E-state index in [1.54, 1.807) is 49.6 Å². The first-order valence-corrected chi connectivity index (χ1v) is 8.73. The molecule has 8 heteroatoms. The van der Waals surface area contributed by atoms with E-state index >= 15 is 0 Å². The van der Waals surface area contributed by atoms with Crippen LogP contribution in [0, 0.1) is 0 Å². The maximum Gasteiger partial charge on any atom is 0.210 e. The third kappa shape index (κ3) is 4.01. The minimum atomic E-state index is -1.32.